The lowest BCUT2D eigenvalue weighted by Gasteiger charge is -2.36. The van der Waals surface area contributed by atoms with Gasteiger partial charge in [0.05, 0.1) is 5.69 Å². The molecule has 3 aromatic rings. The Hall–Kier alpha value is -2.75. The zero-order valence-electron chi connectivity index (χ0n) is 17.2. The van der Waals surface area contributed by atoms with Crippen LogP contribution in [0.1, 0.15) is 29.8 Å². The predicted octanol–water partition coefficient (Wildman–Crippen LogP) is 4.30. The largest absolute Gasteiger partial charge is 0.420 e. The second-order valence-corrected chi connectivity index (χ2v) is 8.53. The summed E-state index contributed by atoms with van der Waals surface area (Å²) >= 11 is 0. The van der Waals surface area contributed by atoms with E-state index in [1.54, 1.807) is 11.1 Å². The molecule has 0 bridgehead atoms. The highest BCUT2D eigenvalue weighted by molar-refractivity contribution is 5.54. The van der Waals surface area contributed by atoms with E-state index in [4.69, 9.17) is 0 Å². The maximum atomic E-state index is 14.1. The lowest BCUT2D eigenvalue weighted by molar-refractivity contribution is -0.137. The number of nitrogens with zero attached hydrogens (tertiary/aromatic N) is 5. The van der Waals surface area contributed by atoms with Crippen molar-refractivity contribution in [2.45, 2.75) is 32.0 Å². The van der Waals surface area contributed by atoms with Gasteiger partial charge >= 0.3 is 6.18 Å². The van der Waals surface area contributed by atoms with Crippen LogP contribution in [0.4, 0.5) is 27.6 Å². The van der Waals surface area contributed by atoms with Gasteiger partial charge in [-0.25, -0.2) is 8.78 Å². The van der Waals surface area contributed by atoms with Crippen molar-refractivity contribution in [2.75, 3.05) is 31.1 Å². The third kappa shape index (κ3) is 4.15. The molecule has 0 N–H and O–H groups in total. The summed E-state index contributed by atoms with van der Waals surface area (Å²) in [7, 11) is 0. The van der Waals surface area contributed by atoms with E-state index in [1.807, 2.05) is 4.90 Å². The number of pyridine rings is 1. The summed E-state index contributed by atoms with van der Waals surface area (Å²) in [6, 6.07) is 4.93. The standard InChI is InChI=1S/C22H22F5N5/c23-16-3-4-18(17(24)12-16)31-9-7-30(8-10-31)13-15-5-6-32-19(11-14-1-2-14)28-29-21(32)20(15)22(25,26)27/h3-6,12,14H,1-2,7-11,13H2/i23-1. The monoisotopic (exact) mass is 450 g/mol. The summed E-state index contributed by atoms with van der Waals surface area (Å²) in [4.78, 5) is 3.68. The van der Waals surface area contributed by atoms with Crippen molar-refractivity contribution in [2.24, 2.45) is 5.92 Å². The van der Waals surface area contributed by atoms with Crippen molar-refractivity contribution in [3.8, 4) is 0 Å². The van der Waals surface area contributed by atoms with Crippen molar-refractivity contribution >= 4 is 11.3 Å². The molecule has 32 heavy (non-hydrogen) atoms. The van der Waals surface area contributed by atoms with Crippen LogP contribution in [0, 0.1) is 17.6 Å². The molecule has 5 nitrogen and oxygen atoms in total. The minimum atomic E-state index is -4.55. The Labute approximate surface area is 181 Å². The highest BCUT2D eigenvalue weighted by atomic mass is 19.4. The van der Waals surface area contributed by atoms with E-state index in [9.17, 15) is 22.0 Å². The topological polar surface area (TPSA) is 36.7 Å². The van der Waals surface area contributed by atoms with Gasteiger partial charge in [0.2, 0.25) is 0 Å². The van der Waals surface area contributed by atoms with Crippen LogP contribution in [0.15, 0.2) is 30.5 Å². The fraction of sp³-hybridized carbons (Fsp3) is 0.455. The SMILES string of the molecule is Fc1cc([18F])ccc1N1CCN(Cc2ccn3c(CC4CC4)nnc3c2C(F)(F)F)CC1. The predicted molar refractivity (Wildman–Crippen MR) is 108 cm³/mol. The van der Waals surface area contributed by atoms with E-state index in [2.05, 4.69) is 10.2 Å². The number of hydrogen-bond donors (Lipinski definition) is 0. The number of alkyl halides is 3. The molecular formula is C22H22F5N5. The van der Waals surface area contributed by atoms with Gasteiger partial charge in [0, 0.05) is 51.4 Å². The molecule has 1 aliphatic heterocycles. The van der Waals surface area contributed by atoms with Gasteiger partial charge in [0.1, 0.15) is 23.0 Å². The average molecular weight is 450 g/mol. The Bertz CT molecular complexity index is 1130. The van der Waals surface area contributed by atoms with Gasteiger partial charge in [0.15, 0.2) is 5.65 Å². The summed E-state index contributed by atoms with van der Waals surface area (Å²) in [6.07, 6.45) is -0.137. The smallest absolute Gasteiger partial charge is 0.367 e. The van der Waals surface area contributed by atoms with Crippen molar-refractivity contribution < 1.29 is 22.0 Å². The van der Waals surface area contributed by atoms with Crippen LogP contribution in [0.2, 0.25) is 0 Å². The number of hydrogen-bond acceptors (Lipinski definition) is 4. The number of halogens is 5. The molecule has 2 aliphatic rings. The van der Waals surface area contributed by atoms with Crippen LogP contribution < -0.4 is 4.90 Å². The molecule has 0 spiro atoms. The van der Waals surface area contributed by atoms with Crippen LogP contribution in [0.5, 0.6) is 0 Å². The van der Waals surface area contributed by atoms with Gasteiger partial charge in [-0.3, -0.25) is 9.30 Å². The van der Waals surface area contributed by atoms with E-state index < -0.39 is 23.4 Å². The number of benzene rings is 1. The van der Waals surface area contributed by atoms with Gasteiger partial charge in [-0.15, -0.1) is 10.2 Å². The molecule has 0 atom stereocenters. The maximum Gasteiger partial charge on any atom is 0.420 e. The second-order valence-electron chi connectivity index (χ2n) is 8.53. The molecule has 1 saturated carbocycles. The molecular weight excluding hydrogens is 428 g/mol. The summed E-state index contributed by atoms with van der Waals surface area (Å²) in [5.74, 6) is -0.237. The molecule has 2 aromatic heterocycles. The molecule has 3 heterocycles. The number of anilines is 1. The lowest BCUT2D eigenvalue weighted by atomic mass is 10.1. The number of fused-ring (bicyclic) bond motifs is 1. The summed E-state index contributed by atoms with van der Waals surface area (Å²) in [6.45, 7) is 1.89. The van der Waals surface area contributed by atoms with Crippen molar-refractivity contribution in [1.29, 1.82) is 0 Å². The molecule has 1 saturated heterocycles. The minimum absolute atomic E-state index is 0.107. The number of aromatic nitrogens is 3. The highest BCUT2D eigenvalue weighted by Gasteiger charge is 2.38. The van der Waals surface area contributed by atoms with Crippen molar-refractivity contribution in [1.82, 2.24) is 19.5 Å². The van der Waals surface area contributed by atoms with E-state index >= 15 is 0 Å². The summed E-state index contributed by atoms with van der Waals surface area (Å²) < 4.78 is 70.7. The Kier molecular flexibility index (Phi) is 5.27. The van der Waals surface area contributed by atoms with Crippen LogP contribution in [-0.4, -0.2) is 45.7 Å². The van der Waals surface area contributed by atoms with Gasteiger partial charge in [-0.2, -0.15) is 13.2 Å². The van der Waals surface area contributed by atoms with Crippen LogP contribution >= 0.6 is 0 Å². The molecule has 0 amide bonds. The molecule has 170 valence electrons. The number of rotatable bonds is 5. The van der Waals surface area contributed by atoms with Crippen LogP contribution in [0.3, 0.4) is 0 Å². The Balaban J connectivity index is 1.35. The van der Waals surface area contributed by atoms with E-state index in [0.717, 1.165) is 18.9 Å². The first kappa shape index (κ1) is 21.1. The average Bonchev–Trinajstić information content (AvgIpc) is 3.46. The first-order chi connectivity index (χ1) is 15.3. The fourth-order valence-electron chi connectivity index (χ4n) is 4.33. The Morgan fingerprint density at radius 2 is 1.72 bits per heavy atom. The van der Waals surface area contributed by atoms with E-state index in [0.29, 0.717) is 50.0 Å². The molecule has 0 radical (unpaired) electrons. The van der Waals surface area contributed by atoms with Crippen molar-refractivity contribution in [3.63, 3.8) is 0 Å². The lowest BCUT2D eigenvalue weighted by Crippen LogP contribution is -2.46. The van der Waals surface area contributed by atoms with E-state index in [1.165, 1.54) is 22.6 Å². The number of piperazine rings is 1. The molecule has 5 rings (SSSR count). The normalized spacial score (nSPS) is 18.0. The zero-order chi connectivity index (χ0) is 22.5. The molecule has 2 fully saturated rings. The molecule has 1 aliphatic carbocycles. The molecule has 1 aromatic carbocycles. The second kappa shape index (κ2) is 7.99. The first-order valence-corrected chi connectivity index (χ1v) is 10.6. The fourth-order valence-corrected chi connectivity index (χ4v) is 4.33. The summed E-state index contributed by atoms with van der Waals surface area (Å²) in [5.41, 5.74) is -0.453. The highest BCUT2D eigenvalue weighted by Crippen LogP contribution is 2.37. The molecule has 10 heteroatoms. The third-order valence-corrected chi connectivity index (χ3v) is 6.20. The zero-order valence-corrected chi connectivity index (χ0v) is 17.2. The maximum absolute atomic E-state index is 14.1. The Morgan fingerprint density at radius 1 is 0.969 bits per heavy atom. The van der Waals surface area contributed by atoms with Gasteiger partial charge in [0.25, 0.3) is 0 Å². The first-order valence-electron chi connectivity index (χ1n) is 10.6. The van der Waals surface area contributed by atoms with Gasteiger partial charge in [-0.1, -0.05) is 0 Å². The van der Waals surface area contributed by atoms with Gasteiger partial charge in [-0.05, 0) is 42.5 Å². The van der Waals surface area contributed by atoms with E-state index in [-0.39, 0.29) is 17.8 Å². The van der Waals surface area contributed by atoms with Crippen LogP contribution in [0.25, 0.3) is 5.65 Å². The Morgan fingerprint density at radius 3 is 2.38 bits per heavy atom. The summed E-state index contributed by atoms with van der Waals surface area (Å²) in [5, 5.41) is 7.91. The van der Waals surface area contributed by atoms with Crippen LogP contribution in [-0.2, 0) is 19.1 Å². The third-order valence-electron chi connectivity index (χ3n) is 6.20. The van der Waals surface area contributed by atoms with Gasteiger partial charge < -0.3 is 4.90 Å². The minimum Gasteiger partial charge on any atom is -0.367 e. The quantitative estimate of drug-likeness (QED) is 0.544. The van der Waals surface area contributed by atoms with Crippen molar-refractivity contribution in [3.05, 3.63) is 59.0 Å². The molecule has 0 unspecified atom stereocenters.